The van der Waals surface area contributed by atoms with Gasteiger partial charge < -0.3 is 14.9 Å². The van der Waals surface area contributed by atoms with E-state index >= 15 is 0 Å². The normalized spacial score (nSPS) is 17.3. The lowest BCUT2D eigenvalue weighted by Crippen LogP contribution is -2.26. The van der Waals surface area contributed by atoms with Gasteiger partial charge in [0.1, 0.15) is 5.84 Å². The summed E-state index contributed by atoms with van der Waals surface area (Å²) in [4.78, 5) is 5.13. The molecule has 0 aliphatic heterocycles. The van der Waals surface area contributed by atoms with Crippen molar-refractivity contribution in [1.82, 2.24) is 9.13 Å². The summed E-state index contributed by atoms with van der Waals surface area (Å²) in [6.07, 6.45) is 24.9. The molecule has 0 bridgehead atoms. The van der Waals surface area contributed by atoms with Crippen molar-refractivity contribution < 1.29 is 0 Å². The third kappa shape index (κ3) is 6.52. The van der Waals surface area contributed by atoms with E-state index < -0.39 is 0 Å². The van der Waals surface area contributed by atoms with Crippen molar-refractivity contribution in [2.75, 3.05) is 0 Å². The van der Waals surface area contributed by atoms with Crippen LogP contribution in [0, 0.1) is 0 Å². The Kier molecular flexibility index (Phi) is 9.19. The van der Waals surface area contributed by atoms with E-state index in [-0.39, 0.29) is 6.04 Å². The van der Waals surface area contributed by atoms with Crippen LogP contribution in [-0.2, 0) is 0 Å². The third-order valence-corrected chi connectivity index (χ3v) is 12.7. The molecule has 0 spiro atoms. The molecule has 2 N–H and O–H groups in total. The van der Waals surface area contributed by atoms with E-state index in [1.807, 2.05) is 18.2 Å². The molecule has 3 aliphatic rings. The molecule has 3 aliphatic carbocycles. The van der Waals surface area contributed by atoms with Crippen molar-refractivity contribution >= 4 is 67.3 Å². The SMILES string of the molecule is C=c1cccc/c1=C(/N=C(\N)C1=CC(c2cccc(-n3c4ccccc4c4cc(-c5ccc6c7ccccc7n(C7C=CC=CC7)c6c5)ccc43)c2)=CCC1)C1=CCCC=C1. The summed E-state index contributed by atoms with van der Waals surface area (Å²) in [5.41, 5.74) is 20.7. The van der Waals surface area contributed by atoms with Crippen LogP contribution in [0.1, 0.15) is 43.7 Å². The molecule has 1 unspecified atom stereocenters. The fraction of sp³-hybridized carbons (Fsp3) is 0.105. The lowest BCUT2D eigenvalue weighted by Gasteiger charge is -2.18. The molecule has 0 saturated carbocycles. The van der Waals surface area contributed by atoms with E-state index in [0.717, 1.165) is 76.2 Å². The third-order valence-electron chi connectivity index (χ3n) is 12.7. The number of hydrogen-bond donors (Lipinski definition) is 1. The number of aromatic nitrogens is 2. The van der Waals surface area contributed by atoms with Crippen LogP contribution in [0.5, 0.6) is 0 Å². The number of hydrogen-bond acceptors (Lipinski definition) is 1. The smallest absolute Gasteiger partial charge is 0.127 e. The van der Waals surface area contributed by atoms with Gasteiger partial charge in [-0.1, -0.05) is 146 Å². The summed E-state index contributed by atoms with van der Waals surface area (Å²) < 4.78 is 4.94. The summed E-state index contributed by atoms with van der Waals surface area (Å²) >= 11 is 0. The molecular formula is C57H46N4. The molecule has 4 nitrogen and oxygen atoms in total. The Balaban J connectivity index is 0.974. The lowest BCUT2D eigenvalue weighted by molar-refractivity contribution is 0.648. The van der Waals surface area contributed by atoms with Gasteiger partial charge in [0.2, 0.25) is 0 Å². The van der Waals surface area contributed by atoms with Gasteiger partial charge in [-0.3, -0.25) is 0 Å². The van der Waals surface area contributed by atoms with Crippen molar-refractivity contribution in [3.63, 3.8) is 0 Å². The number of rotatable bonds is 7. The quantitative estimate of drug-likeness (QED) is 0.127. The number of allylic oxidation sites excluding steroid dienone is 9. The highest BCUT2D eigenvalue weighted by molar-refractivity contribution is 6.12. The largest absolute Gasteiger partial charge is 0.383 e. The highest BCUT2D eigenvalue weighted by Gasteiger charge is 2.20. The van der Waals surface area contributed by atoms with Crippen LogP contribution in [0.3, 0.4) is 0 Å². The van der Waals surface area contributed by atoms with Gasteiger partial charge in [0.15, 0.2) is 0 Å². The predicted molar refractivity (Wildman–Crippen MR) is 259 cm³/mol. The standard InChI is InChI=1S/C57H46N4/c1-38-16-8-9-25-47(38)56(39-17-4-2-5-18-39)59-57(58)44-21-14-19-40(34-44)41-20-15-24-46(35-41)61-53-29-13-11-27-49(53)51-36-42(31-33-54(51)61)43-30-32-50-48-26-10-12-28-52(48)60(55(50)37-43)45-22-6-3-7-23-45/h3-4,6-13,15-20,22,24-37,45H,1-2,5,14,21,23H2,(H2,58,59)/b56-47-. The van der Waals surface area contributed by atoms with E-state index in [2.05, 4.69) is 186 Å². The first-order valence-electron chi connectivity index (χ1n) is 21.5. The molecule has 61 heavy (non-hydrogen) atoms. The fourth-order valence-corrected chi connectivity index (χ4v) is 9.67. The van der Waals surface area contributed by atoms with E-state index in [4.69, 9.17) is 10.7 Å². The number of nitrogens with zero attached hydrogens (tertiary/aromatic N) is 3. The molecule has 0 fully saturated rings. The topological polar surface area (TPSA) is 48.2 Å². The minimum atomic E-state index is 0.283. The van der Waals surface area contributed by atoms with Crippen molar-refractivity contribution in [3.8, 4) is 16.8 Å². The summed E-state index contributed by atoms with van der Waals surface area (Å²) in [5.74, 6) is 0.557. The summed E-state index contributed by atoms with van der Waals surface area (Å²) in [6, 6.07) is 48.9. The number of fused-ring (bicyclic) bond motifs is 6. The summed E-state index contributed by atoms with van der Waals surface area (Å²) in [7, 11) is 0. The Morgan fingerprint density at radius 1 is 0.623 bits per heavy atom. The number of aliphatic imine (C=N–C) groups is 1. The second kappa shape index (κ2) is 15.3. The minimum absolute atomic E-state index is 0.283. The Labute approximate surface area is 356 Å². The zero-order valence-electron chi connectivity index (χ0n) is 34.1. The van der Waals surface area contributed by atoms with Gasteiger partial charge >= 0.3 is 0 Å². The molecular weight excluding hydrogens is 741 g/mol. The van der Waals surface area contributed by atoms with Crippen LogP contribution in [0.2, 0.25) is 0 Å². The first-order valence-corrected chi connectivity index (χ1v) is 21.5. The van der Waals surface area contributed by atoms with E-state index in [0.29, 0.717) is 5.84 Å². The zero-order chi connectivity index (χ0) is 40.9. The first-order chi connectivity index (χ1) is 30.1. The van der Waals surface area contributed by atoms with Crippen LogP contribution in [0.4, 0.5) is 0 Å². The van der Waals surface area contributed by atoms with Crippen molar-refractivity contribution in [2.45, 2.75) is 38.1 Å². The molecule has 0 saturated heterocycles. The van der Waals surface area contributed by atoms with Crippen LogP contribution in [-0.4, -0.2) is 15.0 Å². The lowest BCUT2D eigenvalue weighted by atomic mass is 9.93. The van der Waals surface area contributed by atoms with Gasteiger partial charge in [0.25, 0.3) is 0 Å². The Bertz CT molecular complexity index is 3430. The Morgan fingerprint density at radius 3 is 2.23 bits per heavy atom. The predicted octanol–water partition coefficient (Wildman–Crippen LogP) is 12.6. The van der Waals surface area contributed by atoms with Crippen molar-refractivity contribution in [3.05, 3.63) is 215 Å². The number of para-hydroxylation sites is 2. The van der Waals surface area contributed by atoms with Crippen molar-refractivity contribution in [1.29, 1.82) is 0 Å². The molecule has 6 aromatic carbocycles. The molecule has 0 amide bonds. The first kappa shape index (κ1) is 36.6. The summed E-state index contributed by atoms with van der Waals surface area (Å²) in [5, 5.41) is 7.02. The second-order valence-electron chi connectivity index (χ2n) is 16.4. The molecule has 4 heteroatoms. The van der Waals surface area contributed by atoms with Gasteiger partial charge in [-0.15, -0.1) is 0 Å². The highest BCUT2D eigenvalue weighted by Crippen LogP contribution is 2.39. The molecule has 294 valence electrons. The number of nitrogens with two attached hydrogens (primary N) is 1. The molecule has 8 aromatic rings. The fourth-order valence-electron chi connectivity index (χ4n) is 9.67. The maximum Gasteiger partial charge on any atom is 0.127 e. The maximum atomic E-state index is 6.91. The van der Waals surface area contributed by atoms with Gasteiger partial charge in [0, 0.05) is 38.0 Å². The van der Waals surface area contributed by atoms with Crippen LogP contribution in [0.15, 0.2) is 204 Å². The van der Waals surface area contributed by atoms with Crippen LogP contribution >= 0.6 is 0 Å². The molecule has 1 atom stereocenters. The molecule has 2 heterocycles. The van der Waals surface area contributed by atoms with Gasteiger partial charge in [-0.05, 0) is 119 Å². The van der Waals surface area contributed by atoms with Crippen molar-refractivity contribution in [2.24, 2.45) is 10.7 Å². The maximum absolute atomic E-state index is 6.91. The highest BCUT2D eigenvalue weighted by atomic mass is 15.0. The molecule has 2 aromatic heterocycles. The van der Waals surface area contributed by atoms with Crippen LogP contribution < -0.4 is 16.2 Å². The van der Waals surface area contributed by atoms with E-state index in [9.17, 15) is 0 Å². The Morgan fingerprint density at radius 2 is 1.39 bits per heavy atom. The number of amidine groups is 1. The Hall–Kier alpha value is -7.43. The summed E-state index contributed by atoms with van der Waals surface area (Å²) in [6.45, 7) is 4.31. The second-order valence-corrected chi connectivity index (χ2v) is 16.4. The van der Waals surface area contributed by atoms with E-state index in [1.165, 1.54) is 54.7 Å². The van der Waals surface area contributed by atoms with E-state index in [1.54, 1.807) is 0 Å². The zero-order valence-corrected chi connectivity index (χ0v) is 34.1. The average molecular weight is 787 g/mol. The average Bonchev–Trinajstić information content (AvgIpc) is 3.84. The monoisotopic (exact) mass is 786 g/mol. The van der Waals surface area contributed by atoms with Gasteiger partial charge in [-0.25, -0.2) is 4.99 Å². The molecule has 11 rings (SSSR count). The van der Waals surface area contributed by atoms with Gasteiger partial charge in [-0.2, -0.15) is 0 Å². The minimum Gasteiger partial charge on any atom is -0.383 e. The number of benzene rings is 6. The molecule has 0 radical (unpaired) electrons. The van der Waals surface area contributed by atoms with Crippen LogP contribution in [0.25, 0.3) is 78.3 Å². The van der Waals surface area contributed by atoms with Gasteiger partial charge in [0.05, 0.1) is 28.3 Å².